The maximum atomic E-state index is 12.4. The number of hydrogen-bond donors (Lipinski definition) is 4. The first-order valence-corrected chi connectivity index (χ1v) is 8.27. The van der Waals surface area contributed by atoms with Crippen molar-refractivity contribution in [2.24, 2.45) is 0 Å². The number of benzene rings is 1. The van der Waals surface area contributed by atoms with E-state index < -0.39 is 31.1 Å². The van der Waals surface area contributed by atoms with Gasteiger partial charge in [-0.25, -0.2) is 14.6 Å². The molecular formula is C17H17N5O5. The molecule has 0 bridgehead atoms. The van der Waals surface area contributed by atoms with E-state index in [9.17, 15) is 20.1 Å². The van der Waals surface area contributed by atoms with Crippen LogP contribution in [0.3, 0.4) is 0 Å². The van der Waals surface area contributed by atoms with Gasteiger partial charge in [0.05, 0.1) is 18.2 Å². The van der Waals surface area contributed by atoms with Crippen LogP contribution in [-0.2, 0) is 4.74 Å². The monoisotopic (exact) mass is 371 g/mol. The lowest BCUT2D eigenvalue weighted by molar-refractivity contribution is -0.0566. The Kier molecular flexibility index (Phi) is 4.54. The van der Waals surface area contributed by atoms with Crippen LogP contribution >= 0.6 is 0 Å². The van der Waals surface area contributed by atoms with Gasteiger partial charge in [-0.05, 0) is 12.1 Å². The quantitative estimate of drug-likeness (QED) is 0.489. The zero-order valence-corrected chi connectivity index (χ0v) is 14.0. The second-order valence-electron chi connectivity index (χ2n) is 6.10. The van der Waals surface area contributed by atoms with Gasteiger partial charge >= 0.3 is 0 Å². The fraction of sp³-hybridized carbons (Fsp3) is 0.294. The predicted molar refractivity (Wildman–Crippen MR) is 92.7 cm³/mol. The molecule has 1 fully saturated rings. The minimum atomic E-state index is -1.29. The molecule has 0 saturated carbocycles. The van der Waals surface area contributed by atoms with Gasteiger partial charge in [0.25, 0.3) is 5.91 Å². The summed E-state index contributed by atoms with van der Waals surface area (Å²) in [6, 6.07) is 8.67. The molecule has 4 N–H and O–H groups in total. The lowest BCUT2D eigenvalue weighted by atomic mass is 10.1. The molecule has 3 heterocycles. The maximum absolute atomic E-state index is 12.4. The van der Waals surface area contributed by atoms with Gasteiger partial charge in [0.15, 0.2) is 11.9 Å². The van der Waals surface area contributed by atoms with Gasteiger partial charge in [0.2, 0.25) is 0 Å². The lowest BCUT2D eigenvalue weighted by Gasteiger charge is -2.15. The number of rotatable bonds is 4. The van der Waals surface area contributed by atoms with E-state index in [1.54, 1.807) is 24.3 Å². The van der Waals surface area contributed by atoms with E-state index in [2.05, 4.69) is 20.4 Å². The third-order valence-electron chi connectivity index (χ3n) is 4.42. The minimum absolute atomic E-state index is 0.256. The zero-order valence-electron chi connectivity index (χ0n) is 14.0. The first-order valence-electron chi connectivity index (χ1n) is 8.27. The Morgan fingerprint density at radius 1 is 1.19 bits per heavy atom. The molecule has 1 aromatic carbocycles. The number of carbonyl (C=O) groups excluding carboxylic acids is 1. The molecule has 1 saturated heterocycles. The van der Waals surface area contributed by atoms with Crippen molar-refractivity contribution in [2.45, 2.75) is 24.5 Å². The van der Waals surface area contributed by atoms with Crippen LogP contribution in [0.2, 0.25) is 0 Å². The second kappa shape index (κ2) is 7.00. The Morgan fingerprint density at radius 3 is 2.67 bits per heavy atom. The van der Waals surface area contributed by atoms with Crippen molar-refractivity contribution >= 4 is 22.8 Å². The Bertz CT molecular complexity index is 963. The second-order valence-corrected chi connectivity index (χ2v) is 6.10. The minimum Gasteiger partial charge on any atom is -0.394 e. The van der Waals surface area contributed by atoms with E-state index in [-0.39, 0.29) is 11.7 Å². The number of nitrogens with zero attached hydrogens (tertiary/aromatic N) is 4. The number of carbonyl (C=O) groups is 1. The topological polar surface area (TPSA) is 143 Å². The Morgan fingerprint density at radius 2 is 1.96 bits per heavy atom. The summed E-state index contributed by atoms with van der Waals surface area (Å²) in [5, 5.41) is 36.7. The summed E-state index contributed by atoms with van der Waals surface area (Å²) in [5.41, 5.74) is 0.781. The lowest BCUT2D eigenvalue weighted by Crippen LogP contribution is -2.33. The van der Waals surface area contributed by atoms with E-state index in [0.29, 0.717) is 16.6 Å². The fourth-order valence-corrected chi connectivity index (χ4v) is 3.00. The van der Waals surface area contributed by atoms with Gasteiger partial charge in [-0.2, -0.15) is 5.10 Å². The molecule has 1 unspecified atom stereocenters. The summed E-state index contributed by atoms with van der Waals surface area (Å²) in [5.74, 6) is -0.0804. The van der Waals surface area contributed by atoms with Crippen LogP contribution in [0.1, 0.15) is 16.6 Å². The summed E-state index contributed by atoms with van der Waals surface area (Å²) in [4.78, 5) is 20.6. The highest BCUT2D eigenvalue weighted by molar-refractivity contribution is 6.07. The number of anilines is 1. The predicted octanol–water partition coefficient (Wildman–Crippen LogP) is -0.310. The van der Waals surface area contributed by atoms with Crippen LogP contribution in [0, 0.1) is 0 Å². The zero-order chi connectivity index (χ0) is 19.0. The number of aliphatic hydroxyl groups is 3. The molecule has 1 aliphatic rings. The van der Waals surface area contributed by atoms with Crippen LogP contribution in [0.5, 0.6) is 0 Å². The summed E-state index contributed by atoms with van der Waals surface area (Å²) in [7, 11) is 0. The fourth-order valence-electron chi connectivity index (χ4n) is 3.00. The molecule has 10 nitrogen and oxygen atoms in total. The largest absolute Gasteiger partial charge is 0.394 e. The van der Waals surface area contributed by atoms with E-state index in [1.807, 2.05) is 6.07 Å². The third-order valence-corrected chi connectivity index (χ3v) is 4.42. The average Bonchev–Trinajstić information content (AvgIpc) is 3.25. The number of aliphatic hydroxyl groups excluding tert-OH is 3. The highest BCUT2D eigenvalue weighted by Gasteiger charge is 2.44. The molecule has 3 aromatic rings. The first-order chi connectivity index (χ1) is 13.1. The number of nitrogens with one attached hydrogen (secondary N) is 1. The molecule has 1 amide bonds. The van der Waals surface area contributed by atoms with Crippen molar-refractivity contribution in [3.05, 3.63) is 48.4 Å². The Balaban J connectivity index is 1.65. The summed E-state index contributed by atoms with van der Waals surface area (Å²) >= 11 is 0. The van der Waals surface area contributed by atoms with E-state index in [1.165, 1.54) is 17.2 Å². The number of fused-ring (bicyclic) bond motifs is 1. The van der Waals surface area contributed by atoms with Crippen LogP contribution in [0.25, 0.3) is 11.0 Å². The molecule has 4 atom stereocenters. The maximum Gasteiger partial charge on any atom is 0.256 e. The molecule has 140 valence electrons. The highest BCUT2D eigenvalue weighted by Crippen LogP contribution is 2.31. The first kappa shape index (κ1) is 17.5. The highest BCUT2D eigenvalue weighted by atomic mass is 16.6. The molecule has 4 rings (SSSR count). The number of hydrogen-bond acceptors (Lipinski definition) is 8. The van der Waals surface area contributed by atoms with Gasteiger partial charge < -0.3 is 25.4 Å². The van der Waals surface area contributed by atoms with Crippen molar-refractivity contribution in [2.75, 3.05) is 11.9 Å². The summed E-state index contributed by atoms with van der Waals surface area (Å²) < 4.78 is 6.77. The molecule has 10 heteroatoms. The van der Waals surface area contributed by atoms with Gasteiger partial charge in [-0.1, -0.05) is 18.2 Å². The van der Waals surface area contributed by atoms with Gasteiger partial charge in [-0.15, -0.1) is 0 Å². The third kappa shape index (κ3) is 3.04. The standard InChI is InChI=1S/C17H17N5O5/c23-7-11-12(24)13(25)17(27-11)22-15-10(6-20-22)14(18-8-19-15)21-16(26)9-4-2-1-3-5-9/h1-6,8,11-13,17,23-25H,7H2,(H,18,19,21,26)/t11-,12-,13-,17?/m1/s1. The van der Waals surface area contributed by atoms with E-state index >= 15 is 0 Å². The average molecular weight is 371 g/mol. The van der Waals surface area contributed by atoms with Crippen LogP contribution in [-0.4, -0.2) is 65.9 Å². The molecule has 27 heavy (non-hydrogen) atoms. The van der Waals surface area contributed by atoms with Crippen molar-refractivity contribution in [3.63, 3.8) is 0 Å². The van der Waals surface area contributed by atoms with E-state index in [4.69, 9.17) is 4.74 Å². The molecule has 0 spiro atoms. The van der Waals surface area contributed by atoms with Crippen molar-refractivity contribution in [1.29, 1.82) is 0 Å². The van der Waals surface area contributed by atoms with Crippen LogP contribution in [0.15, 0.2) is 42.9 Å². The summed E-state index contributed by atoms with van der Waals surface area (Å²) in [6.07, 6.45) is -1.81. The van der Waals surface area contributed by atoms with Crippen LogP contribution in [0.4, 0.5) is 5.82 Å². The normalized spacial score (nSPS) is 25.0. The van der Waals surface area contributed by atoms with Crippen molar-refractivity contribution in [1.82, 2.24) is 19.7 Å². The summed E-state index contributed by atoms with van der Waals surface area (Å²) in [6.45, 7) is -0.443. The van der Waals surface area contributed by atoms with E-state index in [0.717, 1.165) is 0 Å². The number of aromatic nitrogens is 4. The Hall–Kier alpha value is -2.92. The number of amides is 1. The molecule has 0 aliphatic carbocycles. The Labute approximate surface area is 153 Å². The number of ether oxygens (including phenoxy) is 1. The molecular weight excluding hydrogens is 354 g/mol. The van der Waals surface area contributed by atoms with Crippen molar-refractivity contribution in [3.8, 4) is 0 Å². The molecule has 0 radical (unpaired) electrons. The SMILES string of the molecule is O=C(Nc1ncnc2c1cnn2C1O[C@H](CO)[C@@H](O)[C@H]1O)c1ccccc1. The van der Waals surface area contributed by atoms with Gasteiger partial charge in [-0.3, -0.25) is 4.79 Å². The van der Waals surface area contributed by atoms with Gasteiger partial charge in [0, 0.05) is 5.56 Å². The van der Waals surface area contributed by atoms with Crippen LogP contribution < -0.4 is 5.32 Å². The molecule has 2 aromatic heterocycles. The smallest absolute Gasteiger partial charge is 0.256 e. The molecule has 1 aliphatic heterocycles. The van der Waals surface area contributed by atoms with Gasteiger partial charge in [0.1, 0.15) is 30.5 Å². The van der Waals surface area contributed by atoms with Crippen molar-refractivity contribution < 1.29 is 24.9 Å².